The number of hydrogen-bond acceptors (Lipinski definition) is 0. The Balaban J connectivity index is 2.29. The first-order chi connectivity index (χ1) is 14.2. The molecule has 0 N–H and O–H groups in total. The van der Waals surface area contributed by atoms with Crippen molar-refractivity contribution in [2.45, 2.75) is 79.1 Å². The van der Waals surface area contributed by atoms with Crippen LogP contribution in [0.1, 0.15) is 101 Å². The third-order valence-corrected chi connectivity index (χ3v) is 6.08. The van der Waals surface area contributed by atoms with Crippen LogP contribution in [0.15, 0.2) is 54.6 Å². The largest absolute Gasteiger partial charge is 0.0617 e. The Bertz CT molecular complexity index is 871. The van der Waals surface area contributed by atoms with E-state index in [2.05, 4.69) is 116 Å². The van der Waals surface area contributed by atoms with Crippen LogP contribution in [0, 0.1) is 6.07 Å². The van der Waals surface area contributed by atoms with Crippen molar-refractivity contribution in [3.05, 3.63) is 82.9 Å². The standard InChI is InChI=1S/C30H37/c1-19(2)25-14-10-15-26(20(3)4)29(25)23-12-9-13-24(18-23)30-27(21(5)6)16-11-17-28(30)22(7)8/h9-17,19-22H,1-8H3. The Labute approximate surface area is 184 Å². The first-order valence-corrected chi connectivity index (χ1v) is 11.5. The molecule has 0 aliphatic heterocycles. The molecule has 0 saturated carbocycles. The van der Waals surface area contributed by atoms with Crippen LogP contribution in [0.4, 0.5) is 0 Å². The van der Waals surface area contributed by atoms with Gasteiger partial charge < -0.3 is 0 Å². The van der Waals surface area contributed by atoms with Crippen LogP contribution in [0.2, 0.25) is 0 Å². The first kappa shape index (κ1) is 22.3. The van der Waals surface area contributed by atoms with E-state index in [9.17, 15) is 0 Å². The zero-order valence-corrected chi connectivity index (χ0v) is 20.0. The fourth-order valence-electron chi connectivity index (χ4n) is 4.48. The Morgan fingerprint density at radius 2 is 0.700 bits per heavy atom. The van der Waals surface area contributed by atoms with Crippen molar-refractivity contribution in [1.29, 1.82) is 0 Å². The lowest BCUT2D eigenvalue weighted by molar-refractivity contribution is 0.837. The van der Waals surface area contributed by atoms with Crippen molar-refractivity contribution in [2.24, 2.45) is 0 Å². The monoisotopic (exact) mass is 397 g/mol. The van der Waals surface area contributed by atoms with Gasteiger partial charge in [0.05, 0.1) is 0 Å². The van der Waals surface area contributed by atoms with E-state index in [0.717, 1.165) is 0 Å². The lowest BCUT2D eigenvalue weighted by atomic mass is 9.82. The Kier molecular flexibility index (Phi) is 6.86. The zero-order chi connectivity index (χ0) is 22.0. The third-order valence-electron chi connectivity index (χ3n) is 6.08. The highest BCUT2D eigenvalue weighted by atomic mass is 14.2. The van der Waals surface area contributed by atoms with Crippen LogP contribution in [0.25, 0.3) is 22.3 Å². The second-order valence-corrected chi connectivity index (χ2v) is 9.72. The number of rotatable bonds is 6. The van der Waals surface area contributed by atoms with Gasteiger partial charge in [0.25, 0.3) is 0 Å². The molecule has 1 radical (unpaired) electrons. The van der Waals surface area contributed by atoms with Crippen LogP contribution >= 0.6 is 0 Å². The molecule has 0 amide bonds. The first-order valence-electron chi connectivity index (χ1n) is 11.5. The lowest BCUT2D eigenvalue weighted by Crippen LogP contribution is -2.02. The molecule has 0 spiro atoms. The van der Waals surface area contributed by atoms with Gasteiger partial charge in [0.2, 0.25) is 0 Å². The molecule has 0 saturated heterocycles. The van der Waals surface area contributed by atoms with Crippen LogP contribution in [-0.4, -0.2) is 0 Å². The van der Waals surface area contributed by atoms with Gasteiger partial charge in [-0.1, -0.05) is 110 Å². The maximum Gasteiger partial charge on any atom is -0.00139 e. The van der Waals surface area contributed by atoms with Crippen LogP contribution in [-0.2, 0) is 0 Å². The van der Waals surface area contributed by atoms with Crippen molar-refractivity contribution >= 4 is 0 Å². The Morgan fingerprint density at radius 1 is 0.433 bits per heavy atom. The molecule has 3 rings (SSSR count). The summed E-state index contributed by atoms with van der Waals surface area (Å²) in [6.45, 7) is 18.3. The molecule has 3 aromatic rings. The average Bonchev–Trinajstić information content (AvgIpc) is 2.72. The van der Waals surface area contributed by atoms with Crippen molar-refractivity contribution < 1.29 is 0 Å². The van der Waals surface area contributed by atoms with Crippen LogP contribution in [0.5, 0.6) is 0 Å². The van der Waals surface area contributed by atoms with Gasteiger partial charge in [0.15, 0.2) is 0 Å². The van der Waals surface area contributed by atoms with Crippen molar-refractivity contribution in [3.8, 4) is 22.3 Å². The summed E-state index contributed by atoms with van der Waals surface area (Å²) in [6.07, 6.45) is 0. The average molecular weight is 398 g/mol. The molecular weight excluding hydrogens is 360 g/mol. The summed E-state index contributed by atoms with van der Waals surface area (Å²) in [5, 5.41) is 0. The molecule has 0 heteroatoms. The molecule has 0 bridgehead atoms. The van der Waals surface area contributed by atoms with Gasteiger partial charge in [-0.2, -0.15) is 0 Å². The second kappa shape index (κ2) is 9.21. The molecule has 0 heterocycles. The minimum atomic E-state index is 0.477. The van der Waals surface area contributed by atoms with E-state index in [1.165, 1.54) is 44.5 Å². The summed E-state index contributed by atoms with van der Waals surface area (Å²) >= 11 is 0. The molecular formula is C30H37. The topological polar surface area (TPSA) is 0 Å². The van der Waals surface area contributed by atoms with E-state index in [4.69, 9.17) is 0 Å². The summed E-state index contributed by atoms with van der Waals surface area (Å²) in [5.41, 5.74) is 10.8. The highest BCUT2D eigenvalue weighted by Gasteiger charge is 2.19. The van der Waals surface area contributed by atoms with E-state index in [1.807, 2.05) is 0 Å². The summed E-state index contributed by atoms with van der Waals surface area (Å²) in [6, 6.07) is 24.1. The number of hydrogen-bond donors (Lipinski definition) is 0. The molecule has 0 atom stereocenters. The fourth-order valence-corrected chi connectivity index (χ4v) is 4.48. The minimum absolute atomic E-state index is 0.477. The van der Waals surface area contributed by atoms with Gasteiger partial charge in [0.1, 0.15) is 0 Å². The Hall–Kier alpha value is -2.34. The summed E-state index contributed by atoms with van der Waals surface area (Å²) in [5.74, 6) is 1.91. The smallest absolute Gasteiger partial charge is 0.00139 e. The van der Waals surface area contributed by atoms with Crippen LogP contribution in [0.3, 0.4) is 0 Å². The normalized spacial score (nSPS) is 11.9. The molecule has 0 aromatic heterocycles. The molecule has 3 aromatic carbocycles. The number of benzene rings is 3. The van der Waals surface area contributed by atoms with Crippen molar-refractivity contribution in [1.82, 2.24) is 0 Å². The third kappa shape index (κ3) is 4.38. The van der Waals surface area contributed by atoms with Gasteiger partial charge >= 0.3 is 0 Å². The SMILES string of the molecule is CC(C)c1cccc(C(C)C)c1-c1[c]c(-c2c(C(C)C)cccc2C(C)C)ccc1. The van der Waals surface area contributed by atoms with E-state index >= 15 is 0 Å². The Morgan fingerprint density at radius 3 is 0.967 bits per heavy atom. The van der Waals surface area contributed by atoms with E-state index in [0.29, 0.717) is 23.7 Å². The van der Waals surface area contributed by atoms with Crippen molar-refractivity contribution in [3.63, 3.8) is 0 Å². The maximum absolute atomic E-state index is 3.86. The summed E-state index contributed by atoms with van der Waals surface area (Å²) < 4.78 is 0. The molecule has 157 valence electrons. The maximum atomic E-state index is 3.86. The molecule has 0 unspecified atom stereocenters. The highest BCUT2D eigenvalue weighted by molar-refractivity contribution is 5.79. The van der Waals surface area contributed by atoms with E-state index < -0.39 is 0 Å². The predicted octanol–water partition coefficient (Wildman–Crippen LogP) is 9.31. The van der Waals surface area contributed by atoms with E-state index in [-0.39, 0.29) is 0 Å². The highest BCUT2D eigenvalue weighted by Crippen LogP contribution is 2.40. The molecule has 0 fully saturated rings. The van der Waals surface area contributed by atoms with Crippen molar-refractivity contribution in [2.75, 3.05) is 0 Å². The second-order valence-electron chi connectivity index (χ2n) is 9.72. The van der Waals surface area contributed by atoms with Gasteiger partial charge in [-0.05, 0) is 74.2 Å². The predicted molar refractivity (Wildman–Crippen MR) is 133 cm³/mol. The molecule has 30 heavy (non-hydrogen) atoms. The van der Waals surface area contributed by atoms with Gasteiger partial charge in [-0.25, -0.2) is 0 Å². The summed E-state index contributed by atoms with van der Waals surface area (Å²) in [4.78, 5) is 0. The molecule has 0 aliphatic carbocycles. The lowest BCUT2D eigenvalue weighted by Gasteiger charge is -2.22. The van der Waals surface area contributed by atoms with E-state index in [1.54, 1.807) is 0 Å². The van der Waals surface area contributed by atoms with Gasteiger partial charge in [-0.15, -0.1) is 0 Å². The minimum Gasteiger partial charge on any atom is -0.0617 e. The zero-order valence-electron chi connectivity index (χ0n) is 20.0. The van der Waals surface area contributed by atoms with Crippen LogP contribution < -0.4 is 0 Å². The molecule has 0 aliphatic rings. The van der Waals surface area contributed by atoms with Gasteiger partial charge in [0, 0.05) is 0 Å². The fraction of sp³-hybridized carbons (Fsp3) is 0.400. The van der Waals surface area contributed by atoms with Gasteiger partial charge in [-0.3, -0.25) is 0 Å². The molecule has 0 nitrogen and oxygen atoms in total. The summed E-state index contributed by atoms with van der Waals surface area (Å²) in [7, 11) is 0. The quantitative estimate of drug-likeness (QED) is 0.388.